The molecule has 9 heteroatoms. The third-order valence-electron chi connectivity index (χ3n) is 17.2. The topological polar surface area (TPSA) is 124 Å². The van der Waals surface area contributed by atoms with Gasteiger partial charge >= 0.3 is 11.9 Å². The zero-order valence-electron chi connectivity index (χ0n) is 33.5. The van der Waals surface area contributed by atoms with Crippen LogP contribution in [-0.4, -0.2) is 82.7 Å². The van der Waals surface area contributed by atoms with E-state index in [0.717, 1.165) is 57.8 Å². The van der Waals surface area contributed by atoms with Crippen LogP contribution in [0.5, 0.6) is 0 Å². The number of aliphatic hydroxyl groups excluding tert-OH is 1. The Bertz CT molecular complexity index is 1470. The lowest BCUT2D eigenvalue weighted by molar-refractivity contribution is -0.250. The molecule has 6 fully saturated rings. The third-order valence-corrected chi connectivity index (χ3v) is 17.2. The second kappa shape index (κ2) is 13.4. The monoisotopic (exact) mass is 725 g/mol. The molecule has 52 heavy (non-hydrogen) atoms. The van der Waals surface area contributed by atoms with Gasteiger partial charge in [0, 0.05) is 31.5 Å². The molecule has 9 nitrogen and oxygen atoms in total. The molecule has 1 aliphatic heterocycles. The maximum Gasteiger partial charge on any atom is 0.309 e. The van der Waals surface area contributed by atoms with Crippen molar-refractivity contribution in [1.29, 1.82) is 0 Å². The van der Waals surface area contributed by atoms with Crippen LogP contribution in [0, 0.1) is 62.1 Å². The van der Waals surface area contributed by atoms with Crippen LogP contribution in [0.15, 0.2) is 12.2 Å². The van der Waals surface area contributed by atoms with E-state index < -0.39 is 17.4 Å². The lowest BCUT2D eigenvalue weighted by atomic mass is 9.32. The van der Waals surface area contributed by atoms with Crippen LogP contribution in [-0.2, 0) is 23.9 Å². The number of rotatable bonds is 9. The molecule has 292 valence electrons. The van der Waals surface area contributed by atoms with Crippen molar-refractivity contribution >= 4 is 23.8 Å². The van der Waals surface area contributed by atoms with E-state index >= 15 is 0 Å². The fourth-order valence-corrected chi connectivity index (χ4v) is 14.1. The summed E-state index contributed by atoms with van der Waals surface area (Å²) in [5.74, 6) is 0.905. The first-order valence-electron chi connectivity index (χ1n) is 20.4. The van der Waals surface area contributed by atoms with E-state index in [2.05, 4.69) is 48.1 Å². The van der Waals surface area contributed by atoms with Gasteiger partial charge in [-0.15, -0.1) is 0 Å². The molecule has 6 aliphatic rings. The van der Waals surface area contributed by atoms with Crippen molar-refractivity contribution in [1.82, 2.24) is 9.80 Å². The van der Waals surface area contributed by atoms with Gasteiger partial charge in [0.2, 0.25) is 11.8 Å². The first kappa shape index (κ1) is 39.3. The predicted octanol–water partition coefficient (Wildman–Crippen LogP) is 7.11. The van der Waals surface area contributed by atoms with E-state index in [-0.39, 0.29) is 64.6 Å². The second-order valence-electron chi connectivity index (χ2n) is 20.3. The summed E-state index contributed by atoms with van der Waals surface area (Å²) in [6.07, 6.45) is 10.8. The van der Waals surface area contributed by atoms with E-state index in [1.54, 1.807) is 23.6 Å². The van der Waals surface area contributed by atoms with Gasteiger partial charge in [-0.2, -0.15) is 0 Å². The first-order valence-corrected chi connectivity index (χ1v) is 20.4. The minimum absolute atomic E-state index is 0.0605. The number of carbonyl (C=O) groups excluding carboxylic acids is 3. The number of nitrogens with zero attached hydrogens (tertiary/aromatic N) is 2. The highest BCUT2D eigenvalue weighted by atomic mass is 16.5. The Hall–Kier alpha value is -2.42. The molecular formula is C43H68N2O7. The number of ether oxygens (including phenoxy) is 1. The standard InChI is InChI=1S/C43H68N2O7/c1-27(2)28-12-17-43(24-33(47)45-21-20-44(22-23-46)34(48)26-45)19-18-41(8)29(36(28)43)10-11-31-40(7)15-14-32(52-35(49)25-38(3,4)37(50)51)39(5,6)30(40)13-16-42(31,41)9/h28-32,36,46H,1,10-26H2,2-9H3,(H,50,51)/t28-,29+,30-,31+,32-,36+,40-,41+,42+,43+/m0/s1. The first-order chi connectivity index (χ1) is 24.2. The quantitative estimate of drug-likeness (QED) is 0.192. The number of amides is 2. The molecule has 0 bridgehead atoms. The Morgan fingerprint density at radius 3 is 2.25 bits per heavy atom. The number of β-amino-alcohol motifs (C(OH)–C–C–N with tert-alkyl or cyclic N) is 1. The number of allylic oxidation sites excluding steroid dienone is 1. The highest BCUT2D eigenvalue weighted by molar-refractivity contribution is 5.86. The molecule has 10 atom stereocenters. The lowest BCUT2D eigenvalue weighted by Crippen LogP contribution is -2.67. The molecular weight excluding hydrogens is 656 g/mol. The van der Waals surface area contributed by atoms with Crippen molar-refractivity contribution in [2.75, 3.05) is 32.8 Å². The molecule has 0 aromatic heterocycles. The lowest BCUT2D eigenvalue weighted by Gasteiger charge is -2.73. The number of carbonyl (C=O) groups is 4. The van der Waals surface area contributed by atoms with Crippen LogP contribution < -0.4 is 0 Å². The van der Waals surface area contributed by atoms with Gasteiger partial charge in [0.05, 0.1) is 25.0 Å². The maximum absolute atomic E-state index is 14.1. The summed E-state index contributed by atoms with van der Waals surface area (Å²) in [6, 6.07) is 0. The summed E-state index contributed by atoms with van der Waals surface area (Å²) in [5.41, 5.74) is 0.167. The van der Waals surface area contributed by atoms with E-state index in [1.165, 1.54) is 12.0 Å². The summed E-state index contributed by atoms with van der Waals surface area (Å²) in [4.78, 5) is 55.2. The number of aliphatic hydroxyl groups is 1. The largest absolute Gasteiger partial charge is 0.481 e. The molecule has 0 unspecified atom stereocenters. The minimum Gasteiger partial charge on any atom is -0.481 e. The number of carboxylic acid groups (broad SMARTS) is 1. The summed E-state index contributed by atoms with van der Waals surface area (Å²) < 4.78 is 6.17. The average Bonchev–Trinajstić information content (AvgIpc) is 3.43. The molecule has 1 heterocycles. The van der Waals surface area contributed by atoms with Gasteiger partial charge in [0.15, 0.2) is 0 Å². The molecule has 2 N–H and O–H groups in total. The van der Waals surface area contributed by atoms with E-state index in [4.69, 9.17) is 4.74 Å². The predicted molar refractivity (Wildman–Crippen MR) is 200 cm³/mol. The summed E-state index contributed by atoms with van der Waals surface area (Å²) >= 11 is 0. The molecule has 5 saturated carbocycles. The van der Waals surface area contributed by atoms with E-state index in [1.807, 2.05) is 0 Å². The zero-order valence-corrected chi connectivity index (χ0v) is 33.5. The van der Waals surface area contributed by atoms with Gasteiger partial charge in [-0.3, -0.25) is 19.2 Å². The van der Waals surface area contributed by atoms with Gasteiger partial charge in [-0.1, -0.05) is 46.8 Å². The Balaban J connectivity index is 1.23. The third kappa shape index (κ3) is 6.05. The van der Waals surface area contributed by atoms with Crippen molar-refractivity contribution < 1.29 is 34.1 Å². The van der Waals surface area contributed by atoms with Crippen LogP contribution >= 0.6 is 0 Å². The number of aliphatic carboxylic acids is 1. The number of piperazine rings is 1. The SMILES string of the molecule is C=C(C)[C@@H]1CC[C@]2(CC(=O)N3CCN(CCO)C(=O)C3)CC[C@]3(C)[C@H](CC[C@@H]4[C@@]5(C)CC[C@H](OC(=O)CC(C)(C)C(=O)O)C(C)(C)[C@@H]5CC[C@]43C)[C@@H]12. The summed E-state index contributed by atoms with van der Waals surface area (Å²) in [5, 5.41) is 19.0. The van der Waals surface area contributed by atoms with Crippen molar-refractivity contribution in [2.24, 2.45) is 62.1 Å². The van der Waals surface area contributed by atoms with Crippen LogP contribution in [0.1, 0.15) is 132 Å². The number of carboxylic acids is 1. The van der Waals surface area contributed by atoms with Crippen LogP contribution in [0.2, 0.25) is 0 Å². The smallest absolute Gasteiger partial charge is 0.309 e. The molecule has 2 amide bonds. The fraction of sp³-hybridized carbons (Fsp3) is 0.860. The zero-order chi connectivity index (χ0) is 38.2. The van der Waals surface area contributed by atoms with Gasteiger partial charge in [0.25, 0.3) is 0 Å². The average molecular weight is 725 g/mol. The Morgan fingerprint density at radius 1 is 0.904 bits per heavy atom. The number of fused-ring (bicyclic) bond motifs is 7. The summed E-state index contributed by atoms with van der Waals surface area (Å²) in [6.45, 7) is 23.6. The molecule has 0 aromatic carbocycles. The summed E-state index contributed by atoms with van der Waals surface area (Å²) in [7, 11) is 0. The Morgan fingerprint density at radius 2 is 1.62 bits per heavy atom. The normalized spacial score (nSPS) is 41.3. The minimum atomic E-state index is -1.16. The second-order valence-corrected chi connectivity index (χ2v) is 20.3. The molecule has 1 saturated heterocycles. The Kier molecular flexibility index (Phi) is 10.1. The van der Waals surface area contributed by atoms with Gasteiger partial charge < -0.3 is 24.7 Å². The van der Waals surface area contributed by atoms with Crippen LogP contribution in [0.4, 0.5) is 0 Å². The molecule has 0 spiro atoms. The number of esters is 1. The molecule has 0 radical (unpaired) electrons. The molecule has 6 rings (SSSR count). The molecule has 0 aromatic rings. The highest BCUT2D eigenvalue weighted by Gasteiger charge is 2.71. The van der Waals surface area contributed by atoms with Crippen LogP contribution in [0.25, 0.3) is 0 Å². The number of hydrogen-bond donors (Lipinski definition) is 2. The van der Waals surface area contributed by atoms with Crippen molar-refractivity contribution in [3.8, 4) is 0 Å². The number of hydrogen-bond acceptors (Lipinski definition) is 6. The maximum atomic E-state index is 14.1. The van der Waals surface area contributed by atoms with Crippen molar-refractivity contribution in [3.63, 3.8) is 0 Å². The Labute approximate surface area is 312 Å². The fourth-order valence-electron chi connectivity index (χ4n) is 14.1. The van der Waals surface area contributed by atoms with Crippen LogP contribution in [0.3, 0.4) is 0 Å². The van der Waals surface area contributed by atoms with Gasteiger partial charge in [0.1, 0.15) is 6.10 Å². The van der Waals surface area contributed by atoms with E-state index in [9.17, 15) is 29.4 Å². The van der Waals surface area contributed by atoms with E-state index in [0.29, 0.717) is 55.6 Å². The van der Waals surface area contributed by atoms with Gasteiger partial charge in [-0.25, -0.2) is 0 Å². The van der Waals surface area contributed by atoms with Gasteiger partial charge in [-0.05, 0) is 136 Å². The highest BCUT2D eigenvalue weighted by Crippen LogP contribution is 2.78. The molecule has 5 aliphatic carbocycles. The van der Waals surface area contributed by atoms with Crippen molar-refractivity contribution in [3.05, 3.63) is 12.2 Å². The van der Waals surface area contributed by atoms with Crippen molar-refractivity contribution in [2.45, 2.75) is 139 Å².